The quantitative estimate of drug-likeness (QED) is 0.760. The zero-order valence-electron chi connectivity index (χ0n) is 16.6. The number of amides is 3. The second kappa shape index (κ2) is 7.58. The summed E-state index contributed by atoms with van der Waals surface area (Å²) >= 11 is 0. The fourth-order valence-electron chi connectivity index (χ4n) is 4.87. The number of urea groups is 1. The monoisotopic (exact) mass is 400 g/mol. The van der Waals surface area contributed by atoms with Crippen molar-refractivity contribution in [3.8, 4) is 0 Å². The fraction of sp³-hybridized carbons (Fsp3) is 0.889. The van der Waals surface area contributed by atoms with Crippen LogP contribution in [0, 0.1) is 5.41 Å². The molecule has 3 heterocycles. The van der Waals surface area contributed by atoms with Crippen molar-refractivity contribution in [3.63, 3.8) is 0 Å². The van der Waals surface area contributed by atoms with Crippen LogP contribution in [0.25, 0.3) is 0 Å². The van der Waals surface area contributed by atoms with Gasteiger partial charge in [0.05, 0.1) is 11.7 Å². The van der Waals surface area contributed by atoms with Gasteiger partial charge >= 0.3 is 6.03 Å². The minimum Gasteiger partial charge on any atom is -0.342 e. The maximum Gasteiger partial charge on any atom is 0.317 e. The number of carbonyl (C=O) groups is 2. The number of rotatable bonds is 3. The second-order valence-electron chi connectivity index (χ2n) is 8.42. The predicted octanol–water partition coefficient (Wildman–Crippen LogP) is 0.843. The Balaban J connectivity index is 1.88. The number of hydrogen-bond acceptors (Lipinski definition) is 4. The van der Waals surface area contributed by atoms with Gasteiger partial charge in [0.15, 0.2) is 0 Å². The van der Waals surface area contributed by atoms with E-state index in [1.165, 1.54) is 10.6 Å². The first-order valence-electron chi connectivity index (χ1n) is 9.97. The largest absolute Gasteiger partial charge is 0.342 e. The summed E-state index contributed by atoms with van der Waals surface area (Å²) in [5.74, 6) is 0.0854. The lowest BCUT2D eigenvalue weighted by molar-refractivity contribution is -0.142. The first kappa shape index (κ1) is 20.4. The Morgan fingerprint density at radius 1 is 1.00 bits per heavy atom. The van der Waals surface area contributed by atoms with Crippen LogP contribution in [0.15, 0.2) is 0 Å². The standard InChI is InChI=1S/C18H32N4O4S/c1-14(2)19-17(24)21-11-6-15-18(7-12-21,8-13-22(15)27(3,25)26)16(23)20-9-4-5-10-20/h14-15H,4-13H2,1-3H3,(H,19,24)/t15-,18+/m0/s1. The Hall–Kier alpha value is -1.35. The smallest absolute Gasteiger partial charge is 0.317 e. The average Bonchev–Trinajstić information content (AvgIpc) is 3.18. The second-order valence-corrected chi connectivity index (χ2v) is 10.4. The SMILES string of the molecule is CC(C)NC(=O)N1CC[C@@H]2N(S(C)(=O)=O)CC[C@]2(C(=O)N2CCCC2)CC1. The molecular formula is C18H32N4O4S. The van der Waals surface area contributed by atoms with Crippen LogP contribution >= 0.6 is 0 Å². The number of fused-ring (bicyclic) bond motifs is 1. The molecule has 3 aliphatic rings. The van der Waals surface area contributed by atoms with Gasteiger partial charge in [-0.25, -0.2) is 13.2 Å². The van der Waals surface area contributed by atoms with Crippen LogP contribution in [0.1, 0.15) is 46.0 Å². The first-order chi connectivity index (χ1) is 12.6. The lowest BCUT2D eigenvalue weighted by Crippen LogP contribution is -2.51. The summed E-state index contributed by atoms with van der Waals surface area (Å²) in [5.41, 5.74) is -0.708. The Bertz CT molecular complexity index is 689. The Labute approximate surface area is 162 Å². The molecule has 27 heavy (non-hydrogen) atoms. The number of nitrogens with one attached hydrogen (secondary N) is 1. The third kappa shape index (κ3) is 3.94. The summed E-state index contributed by atoms with van der Waals surface area (Å²) < 4.78 is 26.2. The first-order valence-corrected chi connectivity index (χ1v) is 11.8. The average molecular weight is 401 g/mol. The van der Waals surface area contributed by atoms with E-state index in [0.29, 0.717) is 38.9 Å². The summed E-state index contributed by atoms with van der Waals surface area (Å²) in [5, 5.41) is 2.90. The maximum absolute atomic E-state index is 13.5. The van der Waals surface area contributed by atoms with Gasteiger partial charge in [-0.15, -0.1) is 0 Å². The van der Waals surface area contributed by atoms with Gasteiger partial charge in [0.2, 0.25) is 15.9 Å². The van der Waals surface area contributed by atoms with E-state index in [2.05, 4.69) is 5.32 Å². The van der Waals surface area contributed by atoms with Crippen LogP contribution < -0.4 is 5.32 Å². The van der Waals surface area contributed by atoms with Crippen LogP contribution in [0.5, 0.6) is 0 Å². The highest BCUT2D eigenvalue weighted by Crippen LogP contribution is 2.46. The molecule has 0 aromatic heterocycles. The zero-order chi connectivity index (χ0) is 19.8. The molecule has 9 heteroatoms. The lowest BCUT2D eigenvalue weighted by Gasteiger charge is -2.37. The number of sulfonamides is 1. The normalized spacial score (nSPS) is 29.7. The van der Waals surface area contributed by atoms with Crippen LogP contribution in [0.2, 0.25) is 0 Å². The zero-order valence-corrected chi connectivity index (χ0v) is 17.4. The van der Waals surface area contributed by atoms with Gasteiger partial charge in [0, 0.05) is 44.8 Å². The molecule has 0 unspecified atom stereocenters. The Morgan fingerprint density at radius 2 is 1.63 bits per heavy atom. The van der Waals surface area contributed by atoms with Gasteiger partial charge in [-0.1, -0.05) is 0 Å². The molecule has 0 saturated carbocycles. The maximum atomic E-state index is 13.5. The van der Waals surface area contributed by atoms with Gasteiger partial charge in [0.1, 0.15) is 0 Å². The van der Waals surface area contributed by atoms with Crippen molar-refractivity contribution in [2.45, 2.75) is 58.0 Å². The molecule has 2 atom stereocenters. The van der Waals surface area contributed by atoms with E-state index in [9.17, 15) is 18.0 Å². The van der Waals surface area contributed by atoms with Gasteiger partial charge in [-0.3, -0.25) is 4.79 Å². The number of nitrogens with zero attached hydrogens (tertiary/aromatic N) is 3. The van der Waals surface area contributed by atoms with Crippen molar-refractivity contribution in [2.24, 2.45) is 5.41 Å². The molecule has 154 valence electrons. The minimum absolute atomic E-state index is 0.0352. The summed E-state index contributed by atoms with van der Waals surface area (Å²) in [7, 11) is -3.40. The molecule has 3 fully saturated rings. The molecule has 3 saturated heterocycles. The summed E-state index contributed by atoms with van der Waals surface area (Å²) in [6, 6.07) is -0.468. The third-order valence-electron chi connectivity index (χ3n) is 6.21. The van der Waals surface area contributed by atoms with Crippen molar-refractivity contribution in [1.29, 1.82) is 0 Å². The van der Waals surface area contributed by atoms with Crippen LogP contribution in [-0.2, 0) is 14.8 Å². The molecular weight excluding hydrogens is 368 g/mol. The van der Waals surface area contributed by atoms with Gasteiger partial charge in [0.25, 0.3) is 0 Å². The van der Waals surface area contributed by atoms with Crippen molar-refractivity contribution >= 4 is 22.0 Å². The van der Waals surface area contributed by atoms with E-state index in [1.807, 2.05) is 18.7 Å². The number of carbonyl (C=O) groups excluding carboxylic acids is 2. The molecule has 3 rings (SSSR count). The number of hydrogen-bond donors (Lipinski definition) is 1. The van der Waals surface area contributed by atoms with Gasteiger partial charge in [-0.05, 0) is 46.0 Å². The van der Waals surface area contributed by atoms with Crippen LogP contribution in [-0.4, -0.2) is 85.5 Å². The highest BCUT2D eigenvalue weighted by Gasteiger charge is 2.57. The van der Waals surface area contributed by atoms with Gasteiger partial charge < -0.3 is 15.1 Å². The molecule has 0 aromatic rings. The molecule has 1 N–H and O–H groups in total. The molecule has 0 aliphatic carbocycles. The van der Waals surface area contributed by atoms with E-state index in [0.717, 1.165) is 25.9 Å². The molecule has 0 spiro atoms. The van der Waals surface area contributed by atoms with E-state index < -0.39 is 15.4 Å². The highest BCUT2D eigenvalue weighted by atomic mass is 32.2. The van der Waals surface area contributed by atoms with E-state index in [4.69, 9.17) is 0 Å². The van der Waals surface area contributed by atoms with Crippen molar-refractivity contribution in [1.82, 2.24) is 19.4 Å². The van der Waals surface area contributed by atoms with Crippen molar-refractivity contribution < 1.29 is 18.0 Å². The summed E-state index contributed by atoms with van der Waals surface area (Å²) in [6.07, 6.45) is 4.79. The molecule has 0 radical (unpaired) electrons. The predicted molar refractivity (Wildman–Crippen MR) is 103 cm³/mol. The van der Waals surface area contributed by atoms with Gasteiger partial charge in [-0.2, -0.15) is 4.31 Å². The summed E-state index contributed by atoms with van der Waals surface area (Å²) in [4.78, 5) is 29.6. The molecule has 3 amide bonds. The van der Waals surface area contributed by atoms with E-state index in [1.54, 1.807) is 4.90 Å². The Morgan fingerprint density at radius 3 is 2.22 bits per heavy atom. The van der Waals surface area contributed by atoms with Crippen molar-refractivity contribution in [2.75, 3.05) is 39.0 Å². The van der Waals surface area contributed by atoms with E-state index in [-0.39, 0.29) is 24.0 Å². The van der Waals surface area contributed by atoms with E-state index >= 15 is 0 Å². The van der Waals surface area contributed by atoms with Crippen LogP contribution in [0.3, 0.4) is 0 Å². The van der Waals surface area contributed by atoms with Crippen molar-refractivity contribution in [3.05, 3.63) is 0 Å². The minimum atomic E-state index is -3.40. The van der Waals surface area contributed by atoms with Crippen LogP contribution in [0.4, 0.5) is 4.79 Å². The molecule has 3 aliphatic heterocycles. The highest BCUT2D eigenvalue weighted by molar-refractivity contribution is 7.88. The lowest BCUT2D eigenvalue weighted by atomic mass is 9.75. The molecule has 0 aromatic carbocycles. The fourth-order valence-corrected chi connectivity index (χ4v) is 6.07. The molecule has 0 bridgehead atoms. The number of likely N-dealkylation sites (tertiary alicyclic amines) is 2. The Kier molecular flexibility index (Phi) is 5.72. The molecule has 8 nitrogen and oxygen atoms in total. The third-order valence-corrected chi connectivity index (χ3v) is 7.50. The topological polar surface area (TPSA) is 90.0 Å². The summed E-state index contributed by atoms with van der Waals surface area (Å²) in [6.45, 7) is 6.66.